The van der Waals surface area contributed by atoms with Gasteiger partial charge in [-0.15, -0.1) is 0 Å². The number of anilines is 3. The minimum atomic E-state index is -0.435. The van der Waals surface area contributed by atoms with E-state index in [1.54, 1.807) is 7.05 Å². The first kappa shape index (κ1) is 13.8. The molecule has 2 rings (SSSR count). The summed E-state index contributed by atoms with van der Waals surface area (Å²) in [5.41, 5.74) is 3.10. The first-order valence-electron chi connectivity index (χ1n) is 6.18. The van der Waals surface area contributed by atoms with Gasteiger partial charge in [-0.25, -0.2) is 4.98 Å². The van der Waals surface area contributed by atoms with Gasteiger partial charge in [-0.1, -0.05) is 17.7 Å². The lowest BCUT2D eigenvalue weighted by molar-refractivity contribution is -0.384. The van der Waals surface area contributed by atoms with Gasteiger partial charge in [0.15, 0.2) is 0 Å². The number of nitrogens with zero attached hydrogens (tertiary/aromatic N) is 2. The van der Waals surface area contributed by atoms with E-state index in [2.05, 4.69) is 15.6 Å². The van der Waals surface area contributed by atoms with Crippen LogP contribution in [-0.2, 0) is 0 Å². The monoisotopic (exact) mass is 272 g/mol. The third-order valence-corrected chi connectivity index (χ3v) is 2.92. The molecule has 6 nitrogen and oxygen atoms in total. The molecule has 0 aliphatic carbocycles. The minimum absolute atomic E-state index is 0.00313. The SMILES string of the molecule is CNc1cc([N+](=O)[O-])cc(Nc2ccc(C)cc2C)n1. The van der Waals surface area contributed by atoms with E-state index in [4.69, 9.17) is 0 Å². The van der Waals surface area contributed by atoms with Crippen molar-refractivity contribution in [3.63, 3.8) is 0 Å². The maximum absolute atomic E-state index is 10.9. The van der Waals surface area contributed by atoms with Crippen molar-refractivity contribution in [3.05, 3.63) is 51.6 Å². The van der Waals surface area contributed by atoms with Crippen molar-refractivity contribution >= 4 is 23.0 Å². The van der Waals surface area contributed by atoms with Crippen LogP contribution in [0.2, 0.25) is 0 Å². The molecular weight excluding hydrogens is 256 g/mol. The first-order chi connectivity index (χ1) is 9.49. The van der Waals surface area contributed by atoms with Crippen molar-refractivity contribution < 1.29 is 4.92 Å². The molecular formula is C14H16N4O2. The number of nitro groups is 1. The number of pyridine rings is 1. The Morgan fingerprint density at radius 2 is 1.85 bits per heavy atom. The second kappa shape index (κ2) is 5.56. The highest BCUT2D eigenvalue weighted by Gasteiger charge is 2.11. The number of rotatable bonds is 4. The van der Waals surface area contributed by atoms with E-state index in [1.165, 1.54) is 12.1 Å². The Balaban J connectivity index is 2.37. The molecule has 20 heavy (non-hydrogen) atoms. The minimum Gasteiger partial charge on any atom is -0.373 e. The van der Waals surface area contributed by atoms with E-state index in [-0.39, 0.29) is 5.69 Å². The van der Waals surface area contributed by atoms with Crippen LogP contribution in [0, 0.1) is 24.0 Å². The lowest BCUT2D eigenvalue weighted by Crippen LogP contribution is -2.01. The quantitative estimate of drug-likeness (QED) is 0.658. The average Bonchev–Trinajstić information content (AvgIpc) is 2.41. The molecule has 0 aliphatic heterocycles. The molecule has 104 valence electrons. The normalized spacial score (nSPS) is 10.2. The van der Waals surface area contributed by atoms with E-state index in [1.807, 2.05) is 32.0 Å². The van der Waals surface area contributed by atoms with E-state index < -0.39 is 4.92 Å². The van der Waals surface area contributed by atoms with Crippen LogP contribution in [-0.4, -0.2) is 17.0 Å². The van der Waals surface area contributed by atoms with Gasteiger partial charge in [0, 0.05) is 12.7 Å². The molecule has 6 heteroatoms. The summed E-state index contributed by atoms with van der Waals surface area (Å²) >= 11 is 0. The van der Waals surface area contributed by atoms with Gasteiger partial charge in [0.05, 0.1) is 17.1 Å². The van der Waals surface area contributed by atoms with E-state index >= 15 is 0 Å². The Bertz CT molecular complexity index is 656. The van der Waals surface area contributed by atoms with Gasteiger partial charge in [-0.2, -0.15) is 0 Å². The highest BCUT2D eigenvalue weighted by atomic mass is 16.6. The zero-order valence-corrected chi connectivity index (χ0v) is 11.6. The van der Waals surface area contributed by atoms with Gasteiger partial charge in [0.1, 0.15) is 11.6 Å². The van der Waals surface area contributed by atoms with Crippen LogP contribution in [0.15, 0.2) is 30.3 Å². The van der Waals surface area contributed by atoms with Gasteiger partial charge in [-0.3, -0.25) is 10.1 Å². The van der Waals surface area contributed by atoms with Crippen LogP contribution in [0.4, 0.5) is 23.0 Å². The Kier molecular flexibility index (Phi) is 3.84. The molecule has 0 spiro atoms. The van der Waals surface area contributed by atoms with Gasteiger partial charge in [-0.05, 0) is 25.5 Å². The lowest BCUT2D eigenvalue weighted by Gasteiger charge is -2.10. The fourth-order valence-electron chi connectivity index (χ4n) is 1.91. The van der Waals surface area contributed by atoms with Gasteiger partial charge in [0.25, 0.3) is 5.69 Å². The Labute approximate surface area is 117 Å². The fraction of sp³-hybridized carbons (Fsp3) is 0.214. The smallest absolute Gasteiger partial charge is 0.276 e. The Hall–Kier alpha value is -2.63. The van der Waals surface area contributed by atoms with Crippen molar-refractivity contribution in [2.24, 2.45) is 0 Å². The van der Waals surface area contributed by atoms with Gasteiger partial charge in [0.2, 0.25) is 0 Å². The molecule has 0 radical (unpaired) electrons. The van der Waals surface area contributed by atoms with Crippen LogP contribution in [0.25, 0.3) is 0 Å². The third-order valence-electron chi connectivity index (χ3n) is 2.92. The average molecular weight is 272 g/mol. The fourth-order valence-corrected chi connectivity index (χ4v) is 1.91. The summed E-state index contributed by atoms with van der Waals surface area (Å²) < 4.78 is 0. The number of aromatic nitrogens is 1. The first-order valence-corrected chi connectivity index (χ1v) is 6.18. The Morgan fingerprint density at radius 3 is 2.45 bits per heavy atom. The van der Waals surface area contributed by atoms with Crippen LogP contribution in [0.1, 0.15) is 11.1 Å². The standard InChI is InChI=1S/C14H16N4O2/c1-9-4-5-12(10(2)6-9)16-14-8-11(18(19)20)7-13(15-3)17-14/h4-8H,1-3H3,(H2,15,16,17). The van der Waals surface area contributed by atoms with Crippen LogP contribution in [0.5, 0.6) is 0 Å². The molecule has 0 fully saturated rings. The summed E-state index contributed by atoms with van der Waals surface area (Å²) in [5, 5.41) is 16.8. The lowest BCUT2D eigenvalue weighted by atomic mass is 10.1. The summed E-state index contributed by atoms with van der Waals surface area (Å²) in [4.78, 5) is 14.7. The molecule has 1 heterocycles. The maximum Gasteiger partial charge on any atom is 0.276 e. The molecule has 0 saturated carbocycles. The van der Waals surface area contributed by atoms with E-state index in [9.17, 15) is 10.1 Å². The third kappa shape index (κ3) is 3.03. The molecule has 0 aliphatic rings. The summed E-state index contributed by atoms with van der Waals surface area (Å²) in [6.07, 6.45) is 0. The number of hydrogen-bond donors (Lipinski definition) is 2. The summed E-state index contributed by atoms with van der Waals surface area (Å²) in [5.74, 6) is 0.891. The van der Waals surface area contributed by atoms with Crippen molar-refractivity contribution in [1.29, 1.82) is 0 Å². The molecule has 0 atom stereocenters. The summed E-state index contributed by atoms with van der Waals surface area (Å²) in [6.45, 7) is 3.99. The molecule has 2 N–H and O–H groups in total. The molecule has 0 saturated heterocycles. The molecule has 0 unspecified atom stereocenters. The zero-order valence-electron chi connectivity index (χ0n) is 11.6. The number of hydrogen-bond acceptors (Lipinski definition) is 5. The maximum atomic E-state index is 10.9. The summed E-state index contributed by atoms with van der Waals surface area (Å²) in [6, 6.07) is 8.77. The molecule has 0 amide bonds. The largest absolute Gasteiger partial charge is 0.373 e. The van der Waals surface area contributed by atoms with Crippen molar-refractivity contribution in [1.82, 2.24) is 4.98 Å². The van der Waals surface area contributed by atoms with Crippen LogP contribution < -0.4 is 10.6 Å². The predicted molar refractivity (Wildman–Crippen MR) is 79.6 cm³/mol. The number of aryl methyl sites for hydroxylation is 2. The second-order valence-electron chi connectivity index (χ2n) is 4.55. The molecule has 0 bridgehead atoms. The second-order valence-corrected chi connectivity index (χ2v) is 4.55. The van der Waals surface area contributed by atoms with Crippen molar-refractivity contribution in [3.8, 4) is 0 Å². The van der Waals surface area contributed by atoms with E-state index in [0.717, 1.165) is 16.8 Å². The van der Waals surface area contributed by atoms with E-state index in [0.29, 0.717) is 11.6 Å². The molecule has 2 aromatic rings. The highest BCUT2D eigenvalue weighted by Crippen LogP contribution is 2.25. The number of benzene rings is 1. The molecule has 1 aromatic carbocycles. The van der Waals surface area contributed by atoms with Gasteiger partial charge < -0.3 is 10.6 Å². The Morgan fingerprint density at radius 1 is 1.15 bits per heavy atom. The highest BCUT2D eigenvalue weighted by molar-refractivity contribution is 5.64. The summed E-state index contributed by atoms with van der Waals surface area (Å²) in [7, 11) is 1.67. The molecule has 1 aromatic heterocycles. The number of nitrogens with one attached hydrogen (secondary N) is 2. The van der Waals surface area contributed by atoms with Crippen LogP contribution in [0.3, 0.4) is 0 Å². The van der Waals surface area contributed by atoms with Crippen molar-refractivity contribution in [2.75, 3.05) is 17.7 Å². The predicted octanol–water partition coefficient (Wildman–Crippen LogP) is 3.39. The van der Waals surface area contributed by atoms with Crippen LogP contribution >= 0.6 is 0 Å². The van der Waals surface area contributed by atoms with Crippen molar-refractivity contribution in [2.45, 2.75) is 13.8 Å². The zero-order chi connectivity index (χ0) is 14.7. The topological polar surface area (TPSA) is 80.1 Å². The van der Waals surface area contributed by atoms with Gasteiger partial charge >= 0.3 is 0 Å².